The molecule has 1 aliphatic rings. The van der Waals surface area contributed by atoms with Crippen LogP contribution in [-0.4, -0.2) is 44.1 Å². The molecule has 2 N–H and O–H groups in total. The molecule has 1 aliphatic heterocycles. The van der Waals surface area contributed by atoms with Crippen molar-refractivity contribution < 1.29 is 4.42 Å². The van der Waals surface area contributed by atoms with E-state index < -0.39 is 0 Å². The van der Waals surface area contributed by atoms with Crippen LogP contribution in [0.4, 0.5) is 0 Å². The van der Waals surface area contributed by atoms with Gasteiger partial charge in [-0.25, -0.2) is 0 Å². The Morgan fingerprint density at radius 2 is 2.08 bits per heavy atom. The summed E-state index contributed by atoms with van der Waals surface area (Å²) in [6.45, 7) is 6.16. The van der Waals surface area contributed by atoms with Crippen LogP contribution >= 0.6 is 11.3 Å². The average molecular weight is 361 g/mol. The Kier molecular flexibility index (Phi) is 6.53. The van der Waals surface area contributed by atoms with Gasteiger partial charge in [-0.1, -0.05) is 6.92 Å². The van der Waals surface area contributed by atoms with Crippen molar-refractivity contribution in [1.29, 1.82) is 0 Å². The third kappa shape index (κ3) is 4.86. The van der Waals surface area contributed by atoms with Crippen LogP contribution in [0.2, 0.25) is 0 Å². The molecule has 2 atom stereocenters. The van der Waals surface area contributed by atoms with Crippen molar-refractivity contribution in [1.82, 2.24) is 15.5 Å². The zero-order chi connectivity index (χ0) is 17.5. The minimum absolute atomic E-state index is 0.255. The largest absolute Gasteiger partial charge is 0.468 e. The Morgan fingerprint density at radius 1 is 1.28 bits per heavy atom. The first-order valence-electron chi connectivity index (χ1n) is 9.02. The van der Waals surface area contributed by atoms with Crippen LogP contribution in [0.5, 0.6) is 0 Å². The summed E-state index contributed by atoms with van der Waals surface area (Å²) in [5.74, 6) is 2.33. The van der Waals surface area contributed by atoms with E-state index in [1.807, 2.05) is 13.1 Å². The average Bonchev–Trinajstić information content (AvgIpc) is 3.40. The zero-order valence-electron chi connectivity index (χ0n) is 15.1. The van der Waals surface area contributed by atoms with Crippen molar-refractivity contribution in [2.45, 2.75) is 31.7 Å². The van der Waals surface area contributed by atoms with E-state index in [1.165, 1.54) is 18.4 Å². The van der Waals surface area contributed by atoms with E-state index in [0.29, 0.717) is 5.92 Å². The molecule has 3 heterocycles. The molecule has 2 aromatic heterocycles. The molecule has 1 fully saturated rings. The highest BCUT2D eigenvalue weighted by molar-refractivity contribution is 7.07. The maximum absolute atomic E-state index is 5.68. The number of aliphatic imine (C=N–C) groups is 1. The fourth-order valence-corrected chi connectivity index (χ4v) is 4.06. The third-order valence-corrected chi connectivity index (χ3v) is 5.53. The van der Waals surface area contributed by atoms with Gasteiger partial charge in [0.2, 0.25) is 0 Å². The van der Waals surface area contributed by atoms with Gasteiger partial charge in [0, 0.05) is 20.1 Å². The number of nitrogens with one attached hydrogen (secondary N) is 2. The van der Waals surface area contributed by atoms with Gasteiger partial charge in [0.15, 0.2) is 5.96 Å². The molecule has 0 aromatic carbocycles. The number of guanidine groups is 1. The van der Waals surface area contributed by atoms with Gasteiger partial charge in [0.1, 0.15) is 5.76 Å². The minimum Gasteiger partial charge on any atom is -0.468 e. The molecule has 0 bridgehead atoms. The Labute approximate surface area is 154 Å². The summed E-state index contributed by atoms with van der Waals surface area (Å²) >= 11 is 1.75. The molecule has 0 radical (unpaired) electrons. The summed E-state index contributed by atoms with van der Waals surface area (Å²) in [5, 5.41) is 11.3. The monoisotopic (exact) mass is 360 g/mol. The van der Waals surface area contributed by atoms with Crippen LogP contribution in [0.15, 0.2) is 44.6 Å². The first-order chi connectivity index (χ1) is 12.3. The molecular weight excluding hydrogens is 332 g/mol. The van der Waals surface area contributed by atoms with Gasteiger partial charge in [-0.05, 0) is 66.4 Å². The predicted octanol–water partition coefficient (Wildman–Crippen LogP) is 3.45. The highest BCUT2D eigenvalue weighted by atomic mass is 32.1. The van der Waals surface area contributed by atoms with Crippen LogP contribution in [0.3, 0.4) is 0 Å². The fraction of sp³-hybridized carbons (Fsp3) is 0.526. The normalized spacial score (nSPS) is 18.2. The van der Waals surface area contributed by atoms with Gasteiger partial charge in [-0.15, -0.1) is 0 Å². The maximum Gasteiger partial charge on any atom is 0.191 e. The zero-order valence-corrected chi connectivity index (χ0v) is 15.9. The smallest absolute Gasteiger partial charge is 0.191 e. The Morgan fingerprint density at radius 3 is 2.72 bits per heavy atom. The molecule has 2 aromatic rings. The number of thiophene rings is 1. The first-order valence-corrected chi connectivity index (χ1v) is 9.96. The lowest BCUT2D eigenvalue weighted by molar-refractivity contribution is 0.215. The summed E-state index contributed by atoms with van der Waals surface area (Å²) < 4.78 is 5.68. The highest BCUT2D eigenvalue weighted by Crippen LogP contribution is 2.24. The summed E-state index contributed by atoms with van der Waals surface area (Å²) in [4.78, 5) is 6.86. The second-order valence-corrected chi connectivity index (χ2v) is 7.35. The van der Waals surface area contributed by atoms with E-state index in [1.54, 1.807) is 17.6 Å². The van der Waals surface area contributed by atoms with Gasteiger partial charge in [-0.3, -0.25) is 9.89 Å². The Balaban J connectivity index is 1.53. The lowest BCUT2D eigenvalue weighted by atomic mass is 10.1. The lowest BCUT2D eigenvalue weighted by Crippen LogP contribution is -2.43. The number of furan rings is 1. The van der Waals surface area contributed by atoms with E-state index in [-0.39, 0.29) is 6.04 Å². The van der Waals surface area contributed by atoms with Crippen LogP contribution in [0.25, 0.3) is 0 Å². The van der Waals surface area contributed by atoms with E-state index in [9.17, 15) is 0 Å². The third-order valence-electron chi connectivity index (χ3n) is 4.83. The van der Waals surface area contributed by atoms with E-state index >= 15 is 0 Å². The lowest BCUT2D eigenvalue weighted by Gasteiger charge is -2.27. The molecule has 0 spiro atoms. The van der Waals surface area contributed by atoms with Crippen molar-refractivity contribution in [2.75, 3.05) is 33.2 Å². The van der Waals surface area contributed by atoms with E-state index in [0.717, 1.165) is 37.9 Å². The molecular formula is C19H28N4OS. The molecule has 136 valence electrons. The molecule has 0 amide bonds. The number of nitrogens with zero attached hydrogens (tertiary/aromatic N) is 2. The van der Waals surface area contributed by atoms with E-state index in [4.69, 9.17) is 4.42 Å². The first kappa shape index (κ1) is 18.0. The number of hydrogen-bond acceptors (Lipinski definition) is 4. The predicted molar refractivity (Wildman–Crippen MR) is 104 cm³/mol. The molecule has 2 unspecified atom stereocenters. The van der Waals surface area contributed by atoms with Gasteiger partial charge >= 0.3 is 0 Å². The minimum atomic E-state index is 0.255. The number of likely N-dealkylation sites (tertiary alicyclic amines) is 1. The quantitative estimate of drug-likeness (QED) is 0.587. The molecule has 25 heavy (non-hydrogen) atoms. The number of rotatable bonds is 7. The molecule has 6 heteroatoms. The van der Waals surface area contributed by atoms with Crippen LogP contribution in [0, 0.1) is 0 Å². The van der Waals surface area contributed by atoms with Crippen LogP contribution in [0.1, 0.15) is 43.0 Å². The van der Waals surface area contributed by atoms with Crippen LogP contribution in [-0.2, 0) is 0 Å². The molecule has 1 saturated heterocycles. The van der Waals surface area contributed by atoms with Gasteiger partial charge in [0.05, 0.1) is 12.3 Å². The standard InChI is InChI=1S/C19H28N4OS/c1-15(16-7-11-25-14-16)12-21-19(20-2)22-13-17(18-6-5-10-24-18)23-8-3-4-9-23/h5-7,10-11,14-15,17H,3-4,8-9,12-13H2,1-2H3,(H2,20,21,22). The maximum atomic E-state index is 5.68. The van der Waals surface area contributed by atoms with Crippen molar-refractivity contribution >= 4 is 17.3 Å². The Bertz CT molecular complexity index is 632. The van der Waals surface area contributed by atoms with Crippen LogP contribution < -0.4 is 10.6 Å². The summed E-state index contributed by atoms with van der Waals surface area (Å²) in [5.41, 5.74) is 1.37. The Hall–Kier alpha value is -1.79. The second kappa shape index (κ2) is 9.06. The van der Waals surface area contributed by atoms with Gasteiger partial charge < -0.3 is 15.1 Å². The fourth-order valence-electron chi connectivity index (χ4n) is 3.28. The summed E-state index contributed by atoms with van der Waals surface area (Å²) in [6.07, 6.45) is 4.29. The van der Waals surface area contributed by atoms with Gasteiger partial charge in [0.25, 0.3) is 0 Å². The molecule has 0 saturated carbocycles. The molecule has 3 rings (SSSR count). The van der Waals surface area contributed by atoms with Crippen molar-refractivity contribution in [3.05, 3.63) is 46.5 Å². The highest BCUT2D eigenvalue weighted by Gasteiger charge is 2.25. The van der Waals surface area contributed by atoms with Crippen molar-refractivity contribution in [3.63, 3.8) is 0 Å². The number of hydrogen-bond donors (Lipinski definition) is 2. The SMILES string of the molecule is CN=C(NCC(C)c1ccsc1)NCC(c1ccco1)N1CCCC1. The van der Waals surface area contributed by atoms with Gasteiger partial charge in [-0.2, -0.15) is 11.3 Å². The summed E-state index contributed by atoms with van der Waals surface area (Å²) in [7, 11) is 1.82. The second-order valence-electron chi connectivity index (χ2n) is 6.57. The topological polar surface area (TPSA) is 52.8 Å². The van der Waals surface area contributed by atoms with Crippen molar-refractivity contribution in [2.24, 2.45) is 4.99 Å². The molecule has 5 nitrogen and oxygen atoms in total. The molecule has 0 aliphatic carbocycles. The summed E-state index contributed by atoms with van der Waals surface area (Å²) in [6, 6.07) is 6.48. The van der Waals surface area contributed by atoms with E-state index in [2.05, 4.69) is 50.3 Å². The van der Waals surface area contributed by atoms with Crippen molar-refractivity contribution in [3.8, 4) is 0 Å².